The second-order valence-corrected chi connectivity index (χ2v) is 8.78. The van der Waals surface area contributed by atoms with Crippen molar-refractivity contribution in [3.05, 3.63) is 42.4 Å². The van der Waals surface area contributed by atoms with Gasteiger partial charge in [0.2, 0.25) is 23.8 Å². The molecule has 4 heterocycles. The molecule has 1 amide bonds. The molecule has 180 valence electrons. The molecule has 1 fully saturated rings. The van der Waals surface area contributed by atoms with Crippen molar-refractivity contribution < 1.29 is 9.18 Å². The van der Waals surface area contributed by atoms with Gasteiger partial charge in [0.1, 0.15) is 17.7 Å². The Morgan fingerprint density at radius 2 is 2.06 bits per heavy atom. The lowest BCUT2D eigenvalue weighted by molar-refractivity contribution is -0.119. The number of hydrogen-bond donors (Lipinski definition) is 3. The standard InChI is InChI=1S/C23H30FN9O/c1-14(2)20-30-22(32-31-20)28-19-9-5-4-7-15(3)26-23(29-19)33-12-6-8-17(33)21(34)27-16-10-11-18(24)25-13-16/h10-11,13-14,17H,3-9,12H2,1-2H3,(H,27,34)(H2,26,28,29,30,31,32). The Hall–Kier alpha value is -3.63. The van der Waals surface area contributed by atoms with Gasteiger partial charge in [-0.15, -0.1) is 5.10 Å². The number of aromatic nitrogens is 4. The van der Waals surface area contributed by atoms with Gasteiger partial charge in [0, 0.05) is 24.6 Å². The van der Waals surface area contributed by atoms with Crippen molar-refractivity contribution in [3.8, 4) is 0 Å². The highest BCUT2D eigenvalue weighted by Crippen LogP contribution is 2.23. The highest BCUT2D eigenvalue weighted by atomic mass is 19.1. The summed E-state index contributed by atoms with van der Waals surface area (Å²) in [5.41, 5.74) is 1.17. The Morgan fingerprint density at radius 1 is 1.24 bits per heavy atom. The van der Waals surface area contributed by atoms with Gasteiger partial charge < -0.3 is 15.5 Å². The first-order chi connectivity index (χ1) is 16.4. The monoisotopic (exact) mass is 467 g/mol. The highest BCUT2D eigenvalue weighted by molar-refractivity contribution is 6.04. The van der Waals surface area contributed by atoms with E-state index in [1.54, 1.807) is 0 Å². The van der Waals surface area contributed by atoms with Crippen molar-refractivity contribution >= 4 is 29.3 Å². The molecule has 1 saturated heterocycles. The fraction of sp³-hybridized carbons (Fsp3) is 0.478. The zero-order valence-corrected chi connectivity index (χ0v) is 19.5. The Morgan fingerprint density at radius 3 is 2.79 bits per heavy atom. The molecule has 0 aliphatic carbocycles. The lowest BCUT2D eigenvalue weighted by atomic mass is 10.1. The van der Waals surface area contributed by atoms with Crippen molar-refractivity contribution in [2.75, 3.05) is 17.2 Å². The lowest BCUT2D eigenvalue weighted by Gasteiger charge is -2.25. The number of rotatable bonds is 4. The molecule has 0 bridgehead atoms. The smallest absolute Gasteiger partial charge is 0.247 e. The molecule has 3 N–H and O–H groups in total. The van der Waals surface area contributed by atoms with Crippen LogP contribution in [0, 0.1) is 5.95 Å². The minimum Gasteiger partial charge on any atom is -0.329 e. The molecule has 1 atom stereocenters. The van der Waals surface area contributed by atoms with Crippen LogP contribution in [0.15, 0.2) is 40.6 Å². The average molecular weight is 468 g/mol. The van der Waals surface area contributed by atoms with Gasteiger partial charge in [0.25, 0.3) is 0 Å². The van der Waals surface area contributed by atoms with Crippen LogP contribution in [0.2, 0.25) is 0 Å². The molecule has 0 aromatic carbocycles. The van der Waals surface area contributed by atoms with Crippen LogP contribution >= 0.6 is 0 Å². The van der Waals surface area contributed by atoms with Gasteiger partial charge in [0.15, 0.2) is 0 Å². The van der Waals surface area contributed by atoms with Gasteiger partial charge in [-0.1, -0.05) is 20.4 Å². The van der Waals surface area contributed by atoms with E-state index in [0.29, 0.717) is 42.8 Å². The molecule has 2 aliphatic rings. The third kappa shape index (κ3) is 5.83. The fourth-order valence-electron chi connectivity index (χ4n) is 3.91. The van der Waals surface area contributed by atoms with E-state index in [2.05, 4.69) is 42.4 Å². The van der Waals surface area contributed by atoms with Gasteiger partial charge in [-0.05, 0) is 44.2 Å². The van der Waals surface area contributed by atoms with Crippen LogP contribution in [-0.4, -0.2) is 55.4 Å². The van der Waals surface area contributed by atoms with Gasteiger partial charge >= 0.3 is 0 Å². The number of nitrogens with one attached hydrogen (secondary N) is 3. The number of aliphatic imine (C=N–C) groups is 2. The summed E-state index contributed by atoms with van der Waals surface area (Å²) in [6.45, 7) is 8.80. The molecule has 0 saturated carbocycles. The quantitative estimate of drug-likeness (QED) is 0.588. The van der Waals surface area contributed by atoms with Crippen LogP contribution in [0.1, 0.15) is 64.1 Å². The number of carbonyl (C=O) groups is 1. The molecule has 0 radical (unpaired) electrons. The number of nitrogens with zero attached hydrogens (tertiary/aromatic N) is 6. The van der Waals surface area contributed by atoms with Crippen molar-refractivity contribution in [1.82, 2.24) is 25.1 Å². The molecule has 10 nitrogen and oxygen atoms in total. The first kappa shape index (κ1) is 23.5. The predicted molar refractivity (Wildman–Crippen MR) is 129 cm³/mol. The molecule has 4 rings (SSSR count). The van der Waals surface area contributed by atoms with E-state index in [1.165, 1.54) is 18.3 Å². The van der Waals surface area contributed by atoms with Crippen LogP contribution in [0.25, 0.3) is 0 Å². The average Bonchev–Trinajstić information content (AvgIpc) is 3.48. The number of halogens is 1. The molecule has 2 aromatic heterocycles. The molecule has 2 aliphatic heterocycles. The summed E-state index contributed by atoms with van der Waals surface area (Å²) in [5.74, 6) is 1.81. The highest BCUT2D eigenvalue weighted by Gasteiger charge is 2.33. The van der Waals surface area contributed by atoms with Crippen LogP contribution < -0.4 is 10.6 Å². The topological polar surface area (TPSA) is 124 Å². The maximum atomic E-state index is 13.1. The van der Waals surface area contributed by atoms with Gasteiger partial charge in [-0.2, -0.15) is 14.4 Å². The summed E-state index contributed by atoms with van der Waals surface area (Å²) >= 11 is 0. The minimum absolute atomic E-state index is 0.209. The number of aromatic amines is 1. The normalized spacial score (nSPS) is 22.3. The van der Waals surface area contributed by atoms with Crippen LogP contribution in [0.5, 0.6) is 0 Å². The first-order valence-corrected chi connectivity index (χ1v) is 11.6. The maximum Gasteiger partial charge on any atom is 0.247 e. The van der Waals surface area contributed by atoms with Crippen molar-refractivity contribution in [2.45, 2.75) is 64.3 Å². The number of anilines is 2. The van der Waals surface area contributed by atoms with E-state index in [1.807, 2.05) is 18.7 Å². The van der Waals surface area contributed by atoms with E-state index in [4.69, 9.17) is 4.99 Å². The number of hydrogen-bond acceptors (Lipinski definition) is 8. The number of guanidine groups is 1. The Labute approximate surface area is 197 Å². The second kappa shape index (κ2) is 10.5. The summed E-state index contributed by atoms with van der Waals surface area (Å²) < 4.78 is 13.1. The second-order valence-electron chi connectivity index (χ2n) is 8.78. The van der Waals surface area contributed by atoms with Gasteiger partial charge in [-0.3, -0.25) is 9.89 Å². The molecule has 34 heavy (non-hydrogen) atoms. The third-order valence-corrected chi connectivity index (χ3v) is 5.73. The van der Waals surface area contributed by atoms with Crippen molar-refractivity contribution in [2.24, 2.45) is 9.98 Å². The molecular weight excluding hydrogens is 437 g/mol. The number of pyridine rings is 1. The van der Waals surface area contributed by atoms with Gasteiger partial charge in [-0.25, -0.2) is 9.98 Å². The minimum atomic E-state index is -0.597. The predicted octanol–water partition coefficient (Wildman–Crippen LogP) is 3.82. The summed E-state index contributed by atoms with van der Waals surface area (Å²) in [5, 5.41) is 13.2. The first-order valence-electron chi connectivity index (χ1n) is 11.6. The van der Waals surface area contributed by atoms with Crippen molar-refractivity contribution in [3.63, 3.8) is 0 Å². The molecule has 11 heteroatoms. The van der Waals surface area contributed by atoms with Crippen LogP contribution in [0.4, 0.5) is 16.0 Å². The number of likely N-dealkylation sites (tertiary alicyclic amines) is 1. The SMILES string of the molecule is C=C1CCCC/C(Nc2n[nH]c(C(C)C)n2)=N\C(N2CCCC2C(=O)Nc2ccc(F)nc2)=N/1. The fourth-order valence-corrected chi connectivity index (χ4v) is 3.91. The zero-order chi connectivity index (χ0) is 24.1. The molecular formula is C23H30FN9O. The summed E-state index contributed by atoms with van der Waals surface area (Å²) in [7, 11) is 0. The van der Waals surface area contributed by atoms with Gasteiger partial charge in [0.05, 0.1) is 11.9 Å². The van der Waals surface area contributed by atoms with Crippen LogP contribution in [0.3, 0.4) is 0 Å². The van der Waals surface area contributed by atoms with E-state index < -0.39 is 12.0 Å². The maximum absolute atomic E-state index is 13.1. The lowest BCUT2D eigenvalue weighted by Crippen LogP contribution is -2.43. The number of H-pyrrole nitrogens is 1. The molecule has 0 spiro atoms. The summed E-state index contributed by atoms with van der Waals surface area (Å²) in [4.78, 5) is 32.5. The van der Waals surface area contributed by atoms with E-state index >= 15 is 0 Å². The number of amides is 1. The van der Waals surface area contributed by atoms with Crippen molar-refractivity contribution in [1.29, 1.82) is 0 Å². The summed E-state index contributed by atoms with van der Waals surface area (Å²) in [6, 6.07) is 2.24. The van der Waals surface area contributed by atoms with Crippen LogP contribution in [-0.2, 0) is 4.79 Å². The van der Waals surface area contributed by atoms with E-state index in [-0.39, 0.29) is 11.8 Å². The third-order valence-electron chi connectivity index (χ3n) is 5.73. The Kier molecular flexibility index (Phi) is 7.29. The Bertz CT molecular complexity index is 1090. The molecule has 2 aromatic rings. The zero-order valence-electron chi connectivity index (χ0n) is 19.5. The Balaban J connectivity index is 1.56. The number of amidine groups is 1. The number of allylic oxidation sites excluding steroid dienone is 1. The number of carbonyl (C=O) groups excluding carboxylic acids is 1. The molecule has 1 unspecified atom stereocenters. The summed E-state index contributed by atoms with van der Waals surface area (Å²) in [6.07, 6.45) is 6.08. The van der Waals surface area contributed by atoms with E-state index in [9.17, 15) is 9.18 Å². The van der Waals surface area contributed by atoms with E-state index in [0.717, 1.165) is 37.2 Å². The largest absolute Gasteiger partial charge is 0.329 e.